The molecule has 0 atom stereocenters. The second kappa shape index (κ2) is 6.73. The maximum absolute atomic E-state index is 11.4. The van der Waals surface area contributed by atoms with Crippen molar-refractivity contribution in [2.45, 2.75) is 41.5 Å². The molecule has 1 heterocycles. The van der Waals surface area contributed by atoms with Gasteiger partial charge in [-0.1, -0.05) is 27.7 Å². The number of carboxylic acid groups (broad SMARTS) is 1. The number of carboxylic acids is 1. The van der Waals surface area contributed by atoms with E-state index in [9.17, 15) is 9.90 Å². The standard InChI is InChI=1S/C16H26N2O2/c1-9(2)13(10(3)4)8-17-14-7-11(5)18-12(6)15(14)16(19)20/h7,9-10,13H,8H2,1-6H3,(H,17,18)(H,19,20). The molecule has 20 heavy (non-hydrogen) atoms. The first kappa shape index (κ1) is 16.5. The highest BCUT2D eigenvalue weighted by atomic mass is 16.4. The minimum Gasteiger partial charge on any atom is -0.478 e. The van der Waals surface area contributed by atoms with Crippen LogP contribution in [0.5, 0.6) is 0 Å². The van der Waals surface area contributed by atoms with Crippen LogP contribution in [0.25, 0.3) is 0 Å². The number of pyridine rings is 1. The van der Waals surface area contributed by atoms with Crippen LogP contribution in [-0.4, -0.2) is 22.6 Å². The number of rotatable bonds is 6. The summed E-state index contributed by atoms with van der Waals surface area (Å²) in [6.07, 6.45) is 0. The Morgan fingerprint density at radius 3 is 2.25 bits per heavy atom. The Labute approximate surface area is 121 Å². The van der Waals surface area contributed by atoms with E-state index in [-0.39, 0.29) is 5.56 Å². The summed E-state index contributed by atoms with van der Waals surface area (Å²) in [5.41, 5.74) is 2.35. The summed E-state index contributed by atoms with van der Waals surface area (Å²) in [5, 5.41) is 12.7. The maximum Gasteiger partial charge on any atom is 0.339 e. The molecule has 0 aliphatic rings. The monoisotopic (exact) mass is 278 g/mol. The molecule has 2 N–H and O–H groups in total. The van der Waals surface area contributed by atoms with Crippen LogP contribution in [0.3, 0.4) is 0 Å². The summed E-state index contributed by atoms with van der Waals surface area (Å²) in [7, 11) is 0. The number of nitrogens with one attached hydrogen (secondary N) is 1. The second-order valence-corrected chi connectivity index (χ2v) is 6.11. The van der Waals surface area contributed by atoms with E-state index in [1.54, 1.807) is 6.92 Å². The summed E-state index contributed by atoms with van der Waals surface area (Å²) in [5.74, 6) is 0.688. The molecule has 0 unspecified atom stereocenters. The maximum atomic E-state index is 11.4. The number of hydrogen-bond acceptors (Lipinski definition) is 3. The highest BCUT2D eigenvalue weighted by Crippen LogP contribution is 2.24. The molecular formula is C16H26N2O2. The van der Waals surface area contributed by atoms with Crippen LogP contribution in [0.1, 0.15) is 49.4 Å². The number of carbonyl (C=O) groups is 1. The molecule has 0 fully saturated rings. The van der Waals surface area contributed by atoms with Crippen molar-refractivity contribution in [1.82, 2.24) is 4.98 Å². The van der Waals surface area contributed by atoms with Crippen LogP contribution in [0.4, 0.5) is 5.69 Å². The van der Waals surface area contributed by atoms with Gasteiger partial charge in [0, 0.05) is 12.2 Å². The zero-order valence-corrected chi connectivity index (χ0v) is 13.3. The van der Waals surface area contributed by atoms with E-state index in [0.29, 0.717) is 29.1 Å². The van der Waals surface area contributed by atoms with E-state index in [2.05, 4.69) is 38.0 Å². The van der Waals surface area contributed by atoms with E-state index in [0.717, 1.165) is 12.2 Å². The highest BCUT2D eigenvalue weighted by Gasteiger charge is 2.20. The number of anilines is 1. The van der Waals surface area contributed by atoms with E-state index in [4.69, 9.17) is 0 Å². The fourth-order valence-electron chi connectivity index (χ4n) is 2.71. The van der Waals surface area contributed by atoms with Crippen molar-refractivity contribution in [3.8, 4) is 0 Å². The Morgan fingerprint density at radius 2 is 1.80 bits per heavy atom. The molecule has 0 radical (unpaired) electrons. The fourth-order valence-corrected chi connectivity index (χ4v) is 2.71. The molecule has 1 aromatic rings. The predicted octanol–water partition coefficient (Wildman–Crippen LogP) is 3.74. The Hall–Kier alpha value is -1.58. The van der Waals surface area contributed by atoms with Gasteiger partial charge >= 0.3 is 5.97 Å². The largest absolute Gasteiger partial charge is 0.478 e. The lowest BCUT2D eigenvalue weighted by molar-refractivity contribution is 0.0696. The quantitative estimate of drug-likeness (QED) is 0.832. The Bertz CT molecular complexity index is 474. The van der Waals surface area contributed by atoms with E-state index >= 15 is 0 Å². The Morgan fingerprint density at radius 1 is 1.25 bits per heavy atom. The topological polar surface area (TPSA) is 62.2 Å². The van der Waals surface area contributed by atoms with Crippen LogP contribution in [-0.2, 0) is 0 Å². The molecule has 0 saturated carbocycles. The summed E-state index contributed by atoms with van der Waals surface area (Å²) in [4.78, 5) is 15.6. The Kier molecular flexibility index (Phi) is 5.54. The lowest BCUT2D eigenvalue weighted by atomic mass is 9.85. The third kappa shape index (κ3) is 3.95. The van der Waals surface area contributed by atoms with Crippen LogP contribution in [0, 0.1) is 31.6 Å². The van der Waals surface area contributed by atoms with Crippen molar-refractivity contribution in [1.29, 1.82) is 0 Å². The SMILES string of the molecule is Cc1cc(NCC(C(C)C)C(C)C)c(C(=O)O)c(C)n1. The smallest absolute Gasteiger partial charge is 0.339 e. The van der Waals surface area contributed by atoms with Crippen LogP contribution in [0.15, 0.2) is 6.07 Å². The zero-order valence-electron chi connectivity index (χ0n) is 13.3. The van der Waals surface area contributed by atoms with Crippen LogP contribution in [0.2, 0.25) is 0 Å². The van der Waals surface area contributed by atoms with Gasteiger partial charge in [0.15, 0.2) is 0 Å². The molecule has 0 spiro atoms. The van der Waals surface area contributed by atoms with E-state index in [1.165, 1.54) is 0 Å². The first-order valence-electron chi connectivity index (χ1n) is 7.19. The van der Waals surface area contributed by atoms with Crippen molar-refractivity contribution in [2.75, 3.05) is 11.9 Å². The minimum absolute atomic E-state index is 0.280. The van der Waals surface area contributed by atoms with Gasteiger partial charge in [-0.25, -0.2) is 4.79 Å². The van der Waals surface area contributed by atoms with Gasteiger partial charge in [0.25, 0.3) is 0 Å². The molecule has 0 bridgehead atoms. The first-order valence-corrected chi connectivity index (χ1v) is 7.19. The molecule has 1 rings (SSSR count). The van der Waals surface area contributed by atoms with Gasteiger partial charge in [-0.3, -0.25) is 4.98 Å². The Balaban J connectivity index is 3.00. The molecule has 1 aromatic heterocycles. The van der Waals surface area contributed by atoms with Gasteiger partial charge < -0.3 is 10.4 Å². The normalized spacial score (nSPS) is 11.4. The number of hydrogen-bond donors (Lipinski definition) is 2. The van der Waals surface area contributed by atoms with Crippen molar-refractivity contribution in [2.24, 2.45) is 17.8 Å². The molecular weight excluding hydrogens is 252 g/mol. The van der Waals surface area contributed by atoms with Gasteiger partial charge in [-0.05, 0) is 37.7 Å². The lowest BCUT2D eigenvalue weighted by Gasteiger charge is -2.26. The number of aromatic nitrogens is 1. The van der Waals surface area contributed by atoms with Gasteiger partial charge in [0.2, 0.25) is 0 Å². The molecule has 0 aromatic carbocycles. The third-order valence-corrected chi connectivity index (χ3v) is 3.78. The summed E-state index contributed by atoms with van der Waals surface area (Å²) in [6.45, 7) is 13.2. The summed E-state index contributed by atoms with van der Waals surface area (Å²) in [6, 6.07) is 1.81. The molecule has 4 nitrogen and oxygen atoms in total. The van der Waals surface area contributed by atoms with Crippen molar-refractivity contribution in [3.63, 3.8) is 0 Å². The molecule has 112 valence electrons. The zero-order chi connectivity index (χ0) is 15.4. The predicted molar refractivity (Wildman–Crippen MR) is 82.3 cm³/mol. The van der Waals surface area contributed by atoms with Crippen LogP contribution >= 0.6 is 0 Å². The van der Waals surface area contributed by atoms with Crippen molar-refractivity contribution >= 4 is 11.7 Å². The summed E-state index contributed by atoms with van der Waals surface area (Å²) >= 11 is 0. The first-order chi connectivity index (χ1) is 9.23. The average Bonchev–Trinajstić information content (AvgIpc) is 2.26. The molecule has 0 aliphatic carbocycles. The second-order valence-electron chi connectivity index (χ2n) is 6.11. The van der Waals surface area contributed by atoms with Gasteiger partial charge in [-0.2, -0.15) is 0 Å². The van der Waals surface area contributed by atoms with Gasteiger partial charge in [0.05, 0.1) is 11.4 Å². The van der Waals surface area contributed by atoms with Crippen molar-refractivity contribution < 1.29 is 9.90 Å². The molecule has 0 amide bonds. The fraction of sp³-hybridized carbons (Fsp3) is 0.625. The third-order valence-electron chi connectivity index (χ3n) is 3.78. The number of aromatic carboxylic acids is 1. The van der Waals surface area contributed by atoms with E-state index in [1.807, 2.05) is 13.0 Å². The molecule has 0 aliphatic heterocycles. The van der Waals surface area contributed by atoms with Gasteiger partial charge in [-0.15, -0.1) is 0 Å². The van der Waals surface area contributed by atoms with Crippen molar-refractivity contribution in [3.05, 3.63) is 23.0 Å². The van der Waals surface area contributed by atoms with Gasteiger partial charge in [0.1, 0.15) is 5.56 Å². The average molecular weight is 278 g/mol. The number of aryl methyl sites for hydroxylation is 2. The number of nitrogens with zero attached hydrogens (tertiary/aromatic N) is 1. The molecule has 4 heteroatoms. The highest BCUT2D eigenvalue weighted by molar-refractivity contribution is 5.95. The minimum atomic E-state index is -0.928. The summed E-state index contributed by atoms with van der Waals surface area (Å²) < 4.78 is 0. The molecule has 0 saturated heterocycles. The lowest BCUT2D eigenvalue weighted by Crippen LogP contribution is -2.25. The van der Waals surface area contributed by atoms with E-state index < -0.39 is 5.97 Å². The van der Waals surface area contributed by atoms with Crippen LogP contribution < -0.4 is 5.32 Å².